The van der Waals surface area contributed by atoms with Crippen molar-refractivity contribution in [3.8, 4) is 0 Å². The molecule has 1 fully saturated rings. The zero-order chi connectivity index (χ0) is 14.8. The van der Waals surface area contributed by atoms with Crippen LogP contribution in [0.2, 0.25) is 0 Å². The predicted octanol–water partition coefficient (Wildman–Crippen LogP) is 3.36. The summed E-state index contributed by atoms with van der Waals surface area (Å²) in [5.41, 5.74) is 8.20. The van der Waals surface area contributed by atoms with Crippen LogP contribution in [0, 0.1) is 5.92 Å². The molecule has 0 spiro atoms. The number of pyridine rings is 1. The van der Waals surface area contributed by atoms with E-state index in [1.165, 1.54) is 23.8 Å². The van der Waals surface area contributed by atoms with Gasteiger partial charge in [0.1, 0.15) is 5.82 Å². The molecule has 0 unspecified atom stereocenters. The SMILES string of the molecule is CC(C)CN(c1nc2ccccc2cc1CCN)C1CC1. The lowest BCUT2D eigenvalue weighted by atomic mass is 10.1. The van der Waals surface area contributed by atoms with Crippen molar-refractivity contribution >= 4 is 16.7 Å². The molecule has 112 valence electrons. The Morgan fingerprint density at radius 2 is 2.05 bits per heavy atom. The van der Waals surface area contributed by atoms with Crippen LogP contribution in [0.3, 0.4) is 0 Å². The van der Waals surface area contributed by atoms with Gasteiger partial charge in [0.2, 0.25) is 0 Å². The molecule has 0 radical (unpaired) electrons. The second-order valence-corrected chi connectivity index (χ2v) is 6.48. The van der Waals surface area contributed by atoms with E-state index >= 15 is 0 Å². The van der Waals surface area contributed by atoms with Crippen LogP contribution in [0.5, 0.6) is 0 Å². The molecule has 2 N–H and O–H groups in total. The minimum Gasteiger partial charge on any atom is -0.353 e. The molecule has 1 aliphatic carbocycles. The molecule has 2 aromatic rings. The zero-order valence-electron chi connectivity index (χ0n) is 13.0. The van der Waals surface area contributed by atoms with Crippen LogP contribution in [0.1, 0.15) is 32.3 Å². The highest BCUT2D eigenvalue weighted by molar-refractivity contribution is 5.82. The number of benzene rings is 1. The third kappa shape index (κ3) is 3.18. The summed E-state index contributed by atoms with van der Waals surface area (Å²) in [5.74, 6) is 1.81. The van der Waals surface area contributed by atoms with Crippen LogP contribution in [-0.4, -0.2) is 24.1 Å². The lowest BCUT2D eigenvalue weighted by Gasteiger charge is -2.28. The van der Waals surface area contributed by atoms with E-state index in [0.29, 0.717) is 18.5 Å². The molecule has 3 heteroatoms. The number of fused-ring (bicyclic) bond motifs is 1. The van der Waals surface area contributed by atoms with Gasteiger partial charge in [0.15, 0.2) is 0 Å². The van der Waals surface area contributed by atoms with Gasteiger partial charge in [-0.1, -0.05) is 32.0 Å². The van der Waals surface area contributed by atoms with E-state index in [9.17, 15) is 0 Å². The van der Waals surface area contributed by atoms with Crippen molar-refractivity contribution in [2.24, 2.45) is 11.7 Å². The Kier molecular flexibility index (Phi) is 4.11. The van der Waals surface area contributed by atoms with E-state index in [4.69, 9.17) is 10.7 Å². The first kappa shape index (κ1) is 14.3. The van der Waals surface area contributed by atoms with Crippen molar-refractivity contribution in [2.75, 3.05) is 18.0 Å². The van der Waals surface area contributed by atoms with Crippen molar-refractivity contribution in [1.82, 2.24) is 4.98 Å². The largest absolute Gasteiger partial charge is 0.353 e. The molecule has 0 bridgehead atoms. The van der Waals surface area contributed by atoms with Gasteiger partial charge in [-0.25, -0.2) is 4.98 Å². The summed E-state index contributed by atoms with van der Waals surface area (Å²) < 4.78 is 0. The highest BCUT2D eigenvalue weighted by Crippen LogP contribution is 2.34. The van der Waals surface area contributed by atoms with Gasteiger partial charge in [-0.15, -0.1) is 0 Å². The average Bonchev–Trinajstić information content (AvgIpc) is 3.29. The van der Waals surface area contributed by atoms with Crippen molar-refractivity contribution in [3.05, 3.63) is 35.9 Å². The second kappa shape index (κ2) is 6.02. The van der Waals surface area contributed by atoms with Gasteiger partial charge in [-0.3, -0.25) is 0 Å². The third-order valence-electron chi connectivity index (χ3n) is 4.02. The van der Waals surface area contributed by atoms with Gasteiger partial charge in [-0.2, -0.15) is 0 Å². The summed E-state index contributed by atoms with van der Waals surface area (Å²) >= 11 is 0. The van der Waals surface area contributed by atoms with Gasteiger partial charge >= 0.3 is 0 Å². The van der Waals surface area contributed by atoms with Crippen LogP contribution < -0.4 is 10.6 Å². The van der Waals surface area contributed by atoms with Gasteiger partial charge in [0.25, 0.3) is 0 Å². The Morgan fingerprint density at radius 1 is 1.29 bits per heavy atom. The van der Waals surface area contributed by atoms with Gasteiger partial charge in [-0.05, 0) is 49.4 Å². The number of nitrogens with zero attached hydrogens (tertiary/aromatic N) is 2. The molecule has 0 amide bonds. The second-order valence-electron chi connectivity index (χ2n) is 6.48. The normalized spacial score (nSPS) is 14.9. The molecule has 1 aromatic carbocycles. The summed E-state index contributed by atoms with van der Waals surface area (Å²) in [4.78, 5) is 7.49. The molecule has 0 aliphatic heterocycles. The fourth-order valence-corrected chi connectivity index (χ4v) is 2.93. The molecule has 1 aromatic heterocycles. The maximum absolute atomic E-state index is 5.82. The van der Waals surface area contributed by atoms with Crippen LogP contribution in [0.25, 0.3) is 10.9 Å². The Bertz CT molecular complexity index is 617. The summed E-state index contributed by atoms with van der Waals surface area (Å²) in [5, 5.41) is 1.21. The number of rotatable bonds is 6. The van der Waals surface area contributed by atoms with Crippen LogP contribution >= 0.6 is 0 Å². The maximum Gasteiger partial charge on any atom is 0.132 e. The molecular formula is C18H25N3. The number of hydrogen-bond donors (Lipinski definition) is 1. The average molecular weight is 283 g/mol. The van der Waals surface area contributed by atoms with E-state index in [1.54, 1.807) is 0 Å². The lowest BCUT2D eigenvalue weighted by molar-refractivity contribution is 0.601. The highest BCUT2D eigenvalue weighted by Gasteiger charge is 2.31. The number of hydrogen-bond acceptors (Lipinski definition) is 3. The minimum absolute atomic E-state index is 0.643. The number of aromatic nitrogens is 1. The topological polar surface area (TPSA) is 42.2 Å². The smallest absolute Gasteiger partial charge is 0.132 e. The molecule has 0 saturated heterocycles. The molecule has 21 heavy (non-hydrogen) atoms. The lowest BCUT2D eigenvalue weighted by Crippen LogP contribution is -2.31. The Labute approximate surface area is 127 Å². The Hall–Kier alpha value is -1.61. The monoisotopic (exact) mass is 283 g/mol. The van der Waals surface area contributed by atoms with E-state index in [1.807, 2.05) is 0 Å². The van der Waals surface area contributed by atoms with E-state index in [2.05, 4.69) is 49.1 Å². The molecule has 3 nitrogen and oxygen atoms in total. The Balaban J connectivity index is 2.06. The van der Waals surface area contributed by atoms with Crippen LogP contribution in [0.4, 0.5) is 5.82 Å². The molecule has 0 atom stereocenters. The highest BCUT2D eigenvalue weighted by atomic mass is 15.2. The summed E-state index contributed by atoms with van der Waals surface area (Å²) in [6.45, 7) is 6.30. The van der Waals surface area contributed by atoms with Crippen LogP contribution in [-0.2, 0) is 6.42 Å². The quantitative estimate of drug-likeness (QED) is 0.884. The molecule has 3 rings (SSSR count). The molecule has 1 saturated carbocycles. The van der Waals surface area contributed by atoms with Crippen molar-refractivity contribution < 1.29 is 0 Å². The third-order valence-corrected chi connectivity index (χ3v) is 4.02. The van der Waals surface area contributed by atoms with Gasteiger partial charge in [0.05, 0.1) is 5.52 Å². The van der Waals surface area contributed by atoms with E-state index in [-0.39, 0.29) is 0 Å². The van der Waals surface area contributed by atoms with Crippen molar-refractivity contribution in [3.63, 3.8) is 0 Å². The maximum atomic E-state index is 5.82. The number of nitrogens with two attached hydrogens (primary N) is 1. The summed E-state index contributed by atoms with van der Waals surface area (Å²) in [7, 11) is 0. The summed E-state index contributed by atoms with van der Waals surface area (Å²) in [6.07, 6.45) is 3.49. The molecule has 1 heterocycles. The van der Waals surface area contributed by atoms with Gasteiger partial charge < -0.3 is 10.6 Å². The predicted molar refractivity (Wildman–Crippen MR) is 89.7 cm³/mol. The molecular weight excluding hydrogens is 258 g/mol. The van der Waals surface area contributed by atoms with Gasteiger partial charge in [0, 0.05) is 18.0 Å². The number of anilines is 1. The van der Waals surface area contributed by atoms with Crippen molar-refractivity contribution in [2.45, 2.75) is 39.2 Å². The standard InChI is InChI=1S/C18H25N3/c1-13(2)12-21(16-7-8-16)18-15(9-10-19)11-14-5-3-4-6-17(14)20-18/h3-6,11,13,16H,7-10,12,19H2,1-2H3. The van der Waals surface area contributed by atoms with E-state index < -0.39 is 0 Å². The van der Waals surface area contributed by atoms with E-state index in [0.717, 1.165) is 24.3 Å². The fourth-order valence-electron chi connectivity index (χ4n) is 2.93. The van der Waals surface area contributed by atoms with Crippen LogP contribution in [0.15, 0.2) is 30.3 Å². The zero-order valence-corrected chi connectivity index (χ0v) is 13.0. The first-order chi connectivity index (χ1) is 10.2. The summed E-state index contributed by atoms with van der Waals surface area (Å²) in [6, 6.07) is 11.3. The number of para-hydroxylation sites is 1. The minimum atomic E-state index is 0.643. The fraction of sp³-hybridized carbons (Fsp3) is 0.500. The first-order valence-electron chi connectivity index (χ1n) is 8.04. The first-order valence-corrected chi connectivity index (χ1v) is 8.04. The van der Waals surface area contributed by atoms with Crippen molar-refractivity contribution in [1.29, 1.82) is 0 Å². The Morgan fingerprint density at radius 3 is 2.71 bits per heavy atom. The molecule has 1 aliphatic rings.